The highest BCUT2D eigenvalue weighted by atomic mass is 16.3. The van der Waals surface area contributed by atoms with Crippen LogP contribution in [0.5, 0.6) is 0 Å². The lowest BCUT2D eigenvalue weighted by atomic mass is 9.89. The zero-order chi connectivity index (χ0) is 24.6. The van der Waals surface area contributed by atoms with Gasteiger partial charge in [-0.15, -0.1) is 0 Å². The third-order valence-corrected chi connectivity index (χ3v) is 6.01. The van der Waals surface area contributed by atoms with Gasteiger partial charge in [0.1, 0.15) is 0 Å². The van der Waals surface area contributed by atoms with Crippen molar-refractivity contribution in [2.24, 2.45) is 0 Å². The number of rotatable bonds is 16. The first kappa shape index (κ1) is 30.6. The maximum atomic E-state index is 10.5. The predicted octanol–water partition coefficient (Wildman–Crippen LogP) is 8.77. The molecule has 0 aliphatic heterocycles. The van der Waals surface area contributed by atoms with Crippen LogP contribution in [-0.2, 0) is 0 Å². The molecule has 0 aromatic carbocycles. The SMILES string of the molecule is CC(C)=CCC/C(C)=C\CC/C(C)=C/CC/C=C(\C)CCC(O)C(C)(O)CCC=C(C)C. The van der Waals surface area contributed by atoms with Gasteiger partial charge in [-0.25, -0.2) is 0 Å². The first-order chi connectivity index (χ1) is 14.9. The maximum Gasteiger partial charge on any atom is 0.0880 e. The normalized spacial score (nSPS) is 15.9. The quantitative estimate of drug-likeness (QED) is 0.184. The van der Waals surface area contributed by atoms with Gasteiger partial charge >= 0.3 is 0 Å². The van der Waals surface area contributed by atoms with E-state index >= 15 is 0 Å². The Morgan fingerprint density at radius 3 is 1.53 bits per heavy atom. The summed E-state index contributed by atoms with van der Waals surface area (Å²) >= 11 is 0. The highest BCUT2D eigenvalue weighted by Gasteiger charge is 2.28. The summed E-state index contributed by atoms with van der Waals surface area (Å²) in [5.41, 5.74) is 5.88. The smallest absolute Gasteiger partial charge is 0.0880 e. The minimum absolute atomic E-state index is 0.594. The van der Waals surface area contributed by atoms with Crippen molar-refractivity contribution in [3.63, 3.8) is 0 Å². The lowest BCUT2D eigenvalue weighted by Gasteiger charge is -2.29. The van der Waals surface area contributed by atoms with Crippen molar-refractivity contribution in [2.45, 2.75) is 131 Å². The van der Waals surface area contributed by atoms with E-state index in [1.165, 1.54) is 27.9 Å². The topological polar surface area (TPSA) is 40.5 Å². The van der Waals surface area contributed by atoms with E-state index in [0.29, 0.717) is 12.8 Å². The van der Waals surface area contributed by atoms with Gasteiger partial charge in [0.2, 0.25) is 0 Å². The molecule has 2 unspecified atom stereocenters. The molecule has 2 N–H and O–H groups in total. The predicted molar refractivity (Wildman–Crippen MR) is 143 cm³/mol. The molecule has 0 spiro atoms. The van der Waals surface area contributed by atoms with Crippen LogP contribution in [0.25, 0.3) is 0 Å². The second kappa shape index (κ2) is 17.1. The van der Waals surface area contributed by atoms with Crippen molar-refractivity contribution in [3.8, 4) is 0 Å². The molecule has 0 saturated heterocycles. The molecular formula is C30H52O2. The molecular weight excluding hydrogens is 392 g/mol. The fourth-order valence-corrected chi connectivity index (χ4v) is 3.60. The number of hydrogen-bond acceptors (Lipinski definition) is 2. The Bertz CT molecular complexity index is 663. The summed E-state index contributed by atoms with van der Waals surface area (Å²) in [6.07, 6.45) is 20.3. The van der Waals surface area contributed by atoms with Gasteiger partial charge in [0.05, 0.1) is 11.7 Å². The highest BCUT2D eigenvalue weighted by molar-refractivity contribution is 5.06. The first-order valence-corrected chi connectivity index (χ1v) is 12.6. The minimum atomic E-state index is -1.02. The van der Waals surface area contributed by atoms with Crippen LogP contribution < -0.4 is 0 Å². The Morgan fingerprint density at radius 1 is 0.625 bits per heavy atom. The van der Waals surface area contributed by atoms with Gasteiger partial charge < -0.3 is 10.2 Å². The van der Waals surface area contributed by atoms with E-state index in [-0.39, 0.29) is 0 Å². The lowest BCUT2D eigenvalue weighted by Crippen LogP contribution is -2.39. The van der Waals surface area contributed by atoms with E-state index in [9.17, 15) is 10.2 Å². The molecule has 184 valence electrons. The Hall–Kier alpha value is -1.38. The summed E-state index contributed by atoms with van der Waals surface area (Å²) in [6, 6.07) is 0. The number of unbranched alkanes of at least 4 members (excludes halogenated alkanes) is 1. The average Bonchev–Trinajstić information content (AvgIpc) is 2.68. The Morgan fingerprint density at radius 2 is 1.03 bits per heavy atom. The summed E-state index contributed by atoms with van der Waals surface area (Å²) in [5, 5.41) is 21.0. The van der Waals surface area contributed by atoms with Crippen LogP contribution in [0.15, 0.2) is 58.2 Å². The van der Waals surface area contributed by atoms with E-state index in [2.05, 4.69) is 78.8 Å². The van der Waals surface area contributed by atoms with Crippen molar-refractivity contribution in [2.75, 3.05) is 0 Å². The van der Waals surface area contributed by atoms with Crippen LogP contribution in [-0.4, -0.2) is 21.9 Å². The molecule has 2 heteroatoms. The number of hydrogen-bond donors (Lipinski definition) is 2. The van der Waals surface area contributed by atoms with E-state index < -0.39 is 11.7 Å². The molecule has 0 aliphatic carbocycles. The molecule has 0 fully saturated rings. The molecule has 0 radical (unpaired) electrons. The highest BCUT2D eigenvalue weighted by Crippen LogP contribution is 2.23. The van der Waals surface area contributed by atoms with Crippen LogP contribution in [0.4, 0.5) is 0 Å². The third kappa shape index (κ3) is 17.2. The van der Waals surface area contributed by atoms with Gasteiger partial charge in [0, 0.05) is 0 Å². The fourth-order valence-electron chi connectivity index (χ4n) is 3.60. The van der Waals surface area contributed by atoms with E-state index in [1.54, 1.807) is 6.92 Å². The van der Waals surface area contributed by atoms with Crippen LogP contribution >= 0.6 is 0 Å². The second-order valence-electron chi connectivity index (χ2n) is 10.3. The Kier molecular flexibility index (Phi) is 16.4. The van der Waals surface area contributed by atoms with E-state index in [1.807, 2.05) is 0 Å². The van der Waals surface area contributed by atoms with Crippen molar-refractivity contribution < 1.29 is 10.2 Å². The summed E-state index contributed by atoms with van der Waals surface area (Å²) in [6.45, 7) is 16.8. The molecule has 2 nitrogen and oxygen atoms in total. The van der Waals surface area contributed by atoms with Gasteiger partial charge in [-0.05, 0) is 120 Å². The fraction of sp³-hybridized carbons (Fsp3) is 0.667. The van der Waals surface area contributed by atoms with Gasteiger partial charge in [-0.3, -0.25) is 0 Å². The summed E-state index contributed by atoms with van der Waals surface area (Å²) in [4.78, 5) is 0. The summed E-state index contributed by atoms with van der Waals surface area (Å²) in [7, 11) is 0. The molecule has 0 saturated carbocycles. The molecule has 0 heterocycles. The molecule has 0 aromatic heterocycles. The minimum Gasteiger partial charge on any atom is -0.390 e. The maximum absolute atomic E-state index is 10.5. The Balaban J connectivity index is 4.22. The molecule has 0 rings (SSSR count). The van der Waals surface area contributed by atoms with Crippen LogP contribution in [0.2, 0.25) is 0 Å². The van der Waals surface area contributed by atoms with Crippen LogP contribution in [0, 0.1) is 0 Å². The second-order valence-corrected chi connectivity index (χ2v) is 10.3. The lowest BCUT2D eigenvalue weighted by molar-refractivity contribution is -0.0691. The van der Waals surface area contributed by atoms with Crippen molar-refractivity contribution >= 4 is 0 Å². The molecule has 0 amide bonds. The van der Waals surface area contributed by atoms with E-state index in [4.69, 9.17) is 0 Å². The largest absolute Gasteiger partial charge is 0.390 e. The third-order valence-electron chi connectivity index (χ3n) is 6.01. The molecule has 32 heavy (non-hydrogen) atoms. The standard InChI is InChI=1S/C30H52O2/c1-24(2)14-11-18-27(6)20-12-19-26(5)16-9-10-17-28(7)21-22-29(31)30(8,32)23-13-15-25(3)4/h14-17,20,29,31-32H,9-13,18-19,21-23H2,1-8H3/b26-16+,27-20-,28-17+. The first-order valence-electron chi connectivity index (χ1n) is 12.6. The van der Waals surface area contributed by atoms with Gasteiger partial charge in [0.15, 0.2) is 0 Å². The zero-order valence-corrected chi connectivity index (χ0v) is 22.4. The molecule has 0 aliphatic rings. The number of allylic oxidation sites excluding steroid dienone is 10. The summed E-state index contributed by atoms with van der Waals surface area (Å²) in [5.74, 6) is 0. The van der Waals surface area contributed by atoms with Crippen LogP contribution in [0.1, 0.15) is 120 Å². The monoisotopic (exact) mass is 444 g/mol. The van der Waals surface area contributed by atoms with Crippen molar-refractivity contribution in [1.82, 2.24) is 0 Å². The van der Waals surface area contributed by atoms with Gasteiger partial charge in [0.25, 0.3) is 0 Å². The van der Waals surface area contributed by atoms with Crippen LogP contribution in [0.3, 0.4) is 0 Å². The van der Waals surface area contributed by atoms with Crippen molar-refractivity contribution in [1.29, 1.82) is 0 Å². The van der Waals surface area contributed by atoms with Gasteiger partial charge in [-0.2, -0.15) is 0 Å². The average molecular weight is 445 g/mol. The molecule has 0 bridgehead atoms. The summed E-state index contributed by atoms with van der Waals surface area (Å²) < 4.78 is 0. The number of aliphatic hydroxyl groups is 2. The van der Waals surface area contributed by atoms with Crippen molar-refractivity contribution in [3.05, 3.63) is 58.2 Å². The van der Waals surface area contributed by atoms with E-state index in [0.717, 1.165) is 51.4 Å². The molecule has 0 aromatic rings. The molecule has 2 atom stereocenters. The van der Waals surface area contributed by atoms with Gasteiger partial charge in [-0.1, -0.05) is 58.2 Å². The zero-order valence-electron chi connectivity index (χ0n) is 22.4. The Labute approximate surface area is 199 Å². The number of aliphatic hydroxyl groups excluding tert-OH is 1.